The number of carbonyl (C=O) groups is 1. The topological polar surface area (TPSA) is 67.1 Å². The highest BCUT2D eigenvalue weighted by Crippen LogP contribution is 2.34. The number of fused-ring (bicyclic) bond motifs is 1. The molecule has 2 aliphatic rings. The van der Waals surface area contributed by atoms with Crippen LogP contribution in [0.25, 0.3) is 0 Å². The average molecular weight is 273 g/mol. The molecule has 1 amide bonds. The van der Waals surface area contributed by atoms with Crippen LogP contribution in [0.15, 0.2) is 12.1 Å². The van der Waals surface area contributed by atoms with Gasteiger partial charge in [0.25, 0.3) is 0 Å². The fourth-order valence-electron chi connectivity index (χ4n) is 3.35. The number of carbonyl (C=O) groups excluding carboxylic acids is 1. The molecule has 1 aliphatic heterocycles. The molecule has 1 heterocycles. The van der Waals surface area contributed by atoms with Crippen molar-refractivity contribution in [2.45, 2.75) is 51.5 Å². The Hall–Kier alpha value is -1.71. The minimum absolute atomic E-state index is 0.0556. The zero-order valence-corrected chi connectivity index (χ0v) is 12.0. The molecule has 0 atom stereocenters. The van der Waals surface area contributed by atoms with Crippen LogP contribution >= 0.6 is 0 Å². The summed E-state index contributed by atoms with van der Waals surface area (Å²) in [5.74, 6) is 0.949. The van der Waals surface area contributed by atoms with Crippen LogP contribution in [0.2, 0.25) is 0 Å². The number of hydrogen-bond donors (Lipinski definition) is 3. The third kappa shape index (κ3) is 2.60. The Labute approximate surface area is 120 Å². The molecule has 4 heteroatoms. The fraction of sp³-hybridized carbons (Fsp3) is 0.562. The maximum absolute atomic E-state index is 11.4. The van der Waals surface area contributed by atoms with E-state index in [0.29, 0.717) is 12.5 Å². The van der Waals surface area contributed by atoms with Crippen molar-refractivity contribution in [3.63, 3.8) is 0 Å². The van der Waals surface area contributed by atoms with Gasteiger partial charge in [-0.15, -0.1) is 0 Å². The molecule has 0 aromatic heterocycles. The number of anilines is 3. The molecular weight excluding hydrogens is 250 g/mol. The Kier molecular flexibility index (Phi) is 3.55. The largest absolute Gasteiger partial charge is 0.397 e. The zero-order chi connectivity index (χ0) is 14.1. The van der Waals surface area contributed by atoms with Crippen LogP contribution in [0, 0.1) is 5.92 Å². The molecule has 1 fully saturated rings. The molecule has 1 aromatic carbocycles. The Morgan fingerprint density at radius 2 is 2.05 bits per heavy atom. The summed E-state index contributed by atoms with van der Waals surface area (Å²) in [6, 6.07) is 4.42. The van der Waals surface area contributed by atoms with Gasteiger partial charge in [-0.05, 0) is 49.3 Å². The molecule has 0 radical (unpaired) electrons. The molecule has 0 saturated heterocycles. The van der Waals surface area contributed by atoms with Gasteiger partial charge in [0.1, 0.15) is 0 Å². The molecular formula is C16H23N3O. The lowest BCUT2D eigenvalue weighted by Crippen LogP contribution is -2.26. The number of rotatable bonds is 3. The summed E-state index contributed by atoms with van der Waals surface area (Å²) in [7, 11) is 0. The molecule has 0 bridgehead atoms. The smallest absolute Gasteiger partial charge is 0.228 e. The summed E-state index contributed by atoms with van der Waals surface area (Å²) < 4.78 is 0. The van der Waals surface area contributed by atoms with Gasteiger partial charge < -0.3 is 16.4 Å². The zero-order valence-electron chi connectivity index (χ0n) is 12.0. The second-order valence-electron chi connectivity index (χ2n) is 6.09. The van der Waals surface area contributed by atoms with Crippen molar-refractivity contribution in [3.05, 3.63) is 17.7 Å². The van der Waals surface area contributed by atoms with Gasteiger partial charge in [-0.25, -0.2) is 0 Å². The Morgan fingerprint density at radius 3 is 2.75 bits per heavy atom. The Bertz CT molecular complexity index is 519. The lowest BCUT2D eigenvalue weighted by Gasteiger charge is -2.29. The molecule has 4 N–H and O–H groups in total. The number of benzene rings is 1. The molecule has 1 aliphatic carbocycles. The van der Waals surface area contributed by atoms with E-state index in [2.05, 4.69) is 17.6 Å². The van der Waals surface area contributed by atoms with E-state index in [1.165, 1.54) is 32.1 Å². The highest BCUT2D eigenvalue weighted by Gasteiger charge is 2.23. The molecule has 3 rings (SSSR count). The standard InChI is InChI=1S/C16H23N3O/c1-2-10-3-5-12(6-4-10)18-15-9-14-11(7-13(15)17)8-16(20)19-14/h7,9-10,12,18H,2-6,8,17H2,1H3,(H,19,20). The summed E-state index contributed by atoms with van der Waals surface area (Å²) >= 11 is 0. The number of nitrogens with two attached hydrogens (primary N) is 1. The first kappa shape index (κ1) is 13.3. The summed E-state index contributed by atoms with van der Waals surface area (Å²) in [6.07, 6.45) is 6.76. The summed E-state index contributed by atoms with van der Waals surface area (Å²) in [5, 5.41) is 6.45. The molecule has 1 aromatic rings. The number of amides is 1. The van der Waals surface area contributed by atoms with E-state index in [-0.39, 0.29) is 5.91 Å². The first-order valence-corrected chi connectivity index (χ1v) is 7.64. The lowest BCUT2D eigenvalue weighted by atomic mass is 9.84. The molecule has 0 spiro atoms. The molecule has 20 heavy (non-hydrogen) atoms. The third-order valence-corrected chi connectivity index (χ3v) is 4.68. The first-order valence-electron chi connectivity index (χ1n) is 7.64. The van der Waals surface area contributed by atoms with Crippen LogP contribution in [-0.4, -0.2) is 11.9 Å². The van der Waals surface area contributed by atoms with E-state index >= 15 is 0 Å². The van der Waals surface area contributed by atoms with Crippen molar-refractivity contribution in [3.8, 4) is 0 Å². The van der Waals surface area contributed by atoms with E-state index in [1.807, 2.05) is 12.1 Å². The van der Waals surface area contributed by atoms with Crippen molar-refractivity contribution in [1.29, 1.82) is 0 Å². The number of nitrogens with one attached hydrogen (secondary N) is 2. The third-order valence-electron chi connectivity index (χ3n) is 4.68. The normalized spacial score (nSPS) is 25.1. The molecule has 108 valence electrons. The van der Waals surface area contributed by atoms with Crippen LogP contribution in [0.5, 0.6) is 0 Å². The van der Waals surface area contributed by atoms with Gasteiger partial charge in [0, 0.05) is 11.7 Å². The van der Waals surface area contributed by atoms with Crippen molar-refractivity contribution < 1.29 is 4.79 Å². The summed E-state index contributed by atoms with van der Waals surface area (Å²) in [6.45, 7) is 2.28. The van der Waals surface area contributed by atoms with Crippen LogP contribution in [0.1, 0.15) is 44.6 Å². The molecule has 0 unspecified atom stereocenters. The minimum Gasteiger partial charge on any atom is -0.397 e. The summed E-state index contributed by atoms with van der Waals surface area (Å²) in [5.41, 5.74) is 9.74. The predicted octanol–water partition coefficient (Wildman–Crippen LogP) is 3.14. The van der Waals surface area contributed by atoms with Crippen LogP contribution in [0.3, 0.4) is 0 Å². The maximum Gasteiger partial charge on any atom is 0.228 e. The van der Waals surface area contributed by atoms with Gasteiger partial charge in [-0.1, -0.05) is 13.3 Å². The van der Waals surface area contributed by atoms with E-state index in [9.17, 15) is 4.79 Å². The number of hydrogen-bond acceptors (Lipinski definition) is 3. The van der Waals surface area contributed by atoms with Crippen molar-refractivity contribution in [1.82, 2.24) is 0 Å². The predicted molar refractivity (Wildman–Crippen MR) is 82.8 cm³/mol. The Balaban J connectivity index is 1.69. The monoisotopic (exact) mass is 273 g/mol. The van der Waals surface area contributed by atoms with Gasteiger partial charge in [-0.2, -0.15) is 0 Å². The second-order valence-corrected chi connectivity index (χ2v) is 6.09. The van der Waals surface area contributed by atoms with Crippen LogP contribution < -0.4 is 16.4 Å². The maximum atomic E-state index is 11.4. The van der Waals surface area contributed by atoms with Gasteiger partial charge in [0.15, 0.2) is 0 Å². The van der Waals surface area contributed by atoms with Crippen molar-refractivity contribution in [2.24, 2.45) is 5.92 Å². The quantitative estimate of drug-likeness (QED) is 0.741. The second kappa shape index (κ2) is 5.35. The van der Waals surface area contributed by atoms with Crippen LogP contribution in [0.4, 0.5) is 17.1 Å². The van der Waals surface area contributed by atoms with E-state index < -0.39 is 0 Å². The fourth-order valence-corrected chi connectivity index (χ4v) is 3.35. The first-order chi connectivity index (χ1) is 9.65. The number of nitrogen functional groups attached to an aromatic ring is 1. The van der Waals surface area contributed by atoms with Gasteiger partial charge in [0.05, 0.1) is 17.8 Å². The van der Waals surface area contributed by atoms with Crippen LogP contribution in [-0.2, 0) is 11.2 Å². The summed E-state index contributed by atoms with van der Waals surface area (Å²) in [4.78, 5) is 11.4. The average Bonchev–Trinajstić information content (AvgIpc) is 2.79. The van der Waals surface area contributed by atoms with Gasteiger partial charge in [0.2, 0.25) is 5.91 Å². The van der Waals surface area contributed by atoms with Gasteiger partial charge >= 0.3 is 0 Å². The molecule has 4 nitrogen and oxygen atoms in total. The lowest BCUT2D eigenvalue weighted by molar-refractivity contribution is -0.115. The highest BCUT2D eigenvalue weighted by atomic mass is 16.1. The van der Waals surface area contributed by atoms with E-state index in [4.69, 9.17) is 5.73 Å². The van der Waals surface area contributed by atoms with Gasteiger partial charge in [-0.3, -0.25) is 4.79 Å². The van der Waals surface area contributed by atoms with Crippen molar-refractivity contribution in [2.75, 3.05) is 16.4 Å². The van der Waals surface area contributed by atoms with E-state index in [0.717, 1.165) is 28.5 Å². The highest BCUT2D eigenvalue weighted by molar-refractivity contribution is 6.00. The Morgan fingerprint density at radius 1 is 1.30 bits per heavy atom. The van der Waals surface area contributed by atoms with Crippen molar-refractivity contribution >= 4 is 23.0 Å². The molecule has 1 saturated carbocycles. The van der Waals surface area contributed by atoms with E-state index in [1.54, 1.807) is 0 Å². The minimum atomic E-state index is 0.0556. The SMILES string of the molecule is CCC1CCC(Nc2cc3c(cc2N)CC(=O)N3)CC1.